The van der Waals surface area contributed by atoms with E-state index in [2.05, 4.69) is 25.2 Å². The minimum atomic E-state index is 0.231. The van der Waals surface area contributed by atoms with Crippen molar-refractivity contribution < 1.29 is 5.11 Å². The van der Waals surface area contributed by atoms with Crippen LogP contribution in [0.3, 0.4) is 0 Å². The molecule has 60 valence electrons. The molecule has 0 spiro atoms. The molecule has 0 saturated carbocycles. The highest BCUT2D eigenvalue weighted by Gasteiger charge is 1.82. The molecule has 0 atom stereocenters. The van der Waals surface area contributed by atoms with Crippen molar-refractivity contribution in [2.75, 3.05) is 19.7 Å². The van der Waals surface area contributed by atoms with E-state index in [0.717, 1.165) is 13.0 Å². The molecule has 0 fully saturated rings. The maximum absolute atomic E-state index is 8.40. The lowest BCUT2D eigenvalue weighted by atomic mass is 10.3. The Balaban J connectivity index is 2.98. The van der Waals surface area contributed by atoms with Crippen molar-refractivity contribution in [2.24, 2.45) is 0 Å². The van der Waals surface area contributed by atoms with Crippen molar-refractivity contribution in [1.29, 1.82) is 0 Å². The third-order valence-electron chi connectivity index (χ3n) is 1.16. The first-order valence-corrected chi connectivity index (χ1v) is 3.72. The summed E-state index contributed by atoms with van der Waals surface area (Å²) in [6, 6.07) is 0. The second kappa shape index (κ2) is 6.78. The first-order chi connectivity index (χ1) is 4.77. The molecule has 0 bridgehead atoms. The molecule has 0 unspecified atom stereocenters. The number of aliphatic hydroxyl groups is 1. The van der Waals surface area contributed by atoms with Gasteiger partial charge in [0.05, 0.1) is 6.61 Å². The van der Waals surface area contributed by atoms with Crippen LogP contribution in [0.2, 0.25) is 0 Å². The van der Waals surface area contributed by atoms with Crippen LogP contribution in [0, 0.1) is 0 Å². The van der Waals surface area contributed by atoms with Crippen molar-refractivity contribution in [3.8, 4) is 0 Å². The minimum Gasteiger partial charge on any atom is -0.395 e. The summed E-state index contributed by atoms with van der Waals surface area (Å²) in [7, 11) is 0. The average molecular weight is 143 g/mol. The molecule has 2 heteroatoms. The van der Waals surface area contributed by atoms with Crippen LogP contribution in [0.15, 0.2) is 11.6 Å². The number of hydrogen-bond acceptors (Lipinski definition) is 2. The van der Waals surface area contributed by atoms with E-state index >= 15 is 0 Å². The minimum absolute atomic E-state index is 0.231. The molecule has 2 nitrogen and oxygen atoms in total. The zero-order chi connectivity index (χ0) is 7.82. The maximum Gasteiger partial charge on any atom is 0.0555 e. The van der Waals surface area contributed by atoms with Crippen LogP contribution in [-0.4, -0.2) is 24.8 Å². The molecule has 0 radical (unpaired) electrons. The fraction of sp³-hybridized carbons (Fsp3) is 0.750. The molecule has 0 heterocycles. The number of aliphatic hydroxyl groups excluding tert-OH is 1. The van der Waals surface area contributed by atoms with Crippen molar-refractivity contribution in [3.05, 3.63) is 11.6 Å². The van der Waals surface area contributed by atoms with Crippen molar-refractivity contribution >= 4 is 0 Å². The predicted molar refractivity (Wildman–Crippen MR) is 44.0 cm³/mol. The Morgan fingerprint density at radius 2 is 2.10 bits per heavy atom. The summed E-state index contributed by atoms with van der Waals surface area (Å²) in [4.78, 5) is 0. The van der Waals surface area contributed by atoms with Crippen LogP contribution in [0.4, 0.5) is 0 Å². The maximum atomic E-state index is 8.40. The van der Waals surface area contributed by atoms with Gasteiger partial charge in [-0.25, -0.2) is 0 Å². The normalized spacial score (nSPS) is 9.50. The Kier molecular flexibility index (Phi) is 6.55. The Morgan fingerprint density at radius 1 is 1.40 bits per heavy atom. The van der Waals surface area contributed by atoms with Crippen molar-refractivity contribution in [2.45, 2.75) is 20.3 Å². The van der Waals surface area contributed by atoms with Crippen molar-refractivity contribution in [3.63, 3.8) is 0 Å². The van der Waals surface area contributed by atoms with Gasteiger partial charge in [0.1, 0.15) is 0 Å². The summed E-state index contributed by atoms with van der Waals surface area (Å²) in [6.07, 6.45) is 3.24. The summed E-state index contributed by atoms with van der Waals surface area (Å²) in [5.41, 5.74) is 1.35. The van der Waals surface area contributed by atoms with Gasteiger partial charge in [-0.05, 0) is 26.8 Å². The number of nitrogens with one attached hydrogen (secondary N) is 1. The summed E-state index contributed by atoms with van der Waals surface area (Å²) in [5, 5.41) is 11.5. The first kappa shape index (κ1) is 9.66. The van der Waals surface area contributed by atoms with Gasteiger partial charge in [0.2, 0.25) is 0 Å². The van der Waals surface area contributed by atoms with Gasteiger partial charge in [0.25, 0.3) is 0 Å². The van der Waals surface area contributed by atoms with Gasteiger partial charge < -0.3 is 10.4 Å². The topological polar surface area (TPSA) is 32.3 Å². The van der Waals surface area contributed by atoms with Gasteiger partial charge in [-0.1, -0.05) is 11.6 Å². The molecule has 2 N–H and O–H groups in total. The SMILES string of the molecule is CC(C)=CCCNCCO. The standard InChI is InChI=1S/C8H17NO/c1-8(2)4-3-5-9-6-7-10/h4,9-10H,3,5-7H2,1-2H3. The smallest absolute Gasteiger partial charge is 0.0555 e. The lowest BCUT2D eigenvalue weighted by Crippen LogP contribution is -2.18. The van der Waals surface area contributed by atoms with Gasteiger partial charge in [-0.15, -0.1) is 0 Å². The Bertz CT molecular complexity index is 95.4. The van der Waals surface area contributed by atoms with Crippen LogP contribution in [0.25, 0.3) is 0 Å². The van der Waals surface area contributed by atoms with Gasteiger partial charge >= 0.3 is 0 Å². The molecule has 0 aromatic heterocycles. The Morgan fingerprint density at radius 3 is 2.60 bits per heavy atom. The monoisotopic (exact) mass is 143 g/mol. The van der Waals surface area contributed by atoms with Crippen LogP contribution in [0.5, 0.6) is 0 Å². The molecule has 10 heavy (non-hydrogen) atoms. The highest BCUT2D eigenvalue weighted by molar-refractivity contribution is 4.92. The number of allylic oxidation sites excluding steroid dienone is 1. The van der Waals surface area contributed by atoms with Gasteiger partial charge in [-0.3, -0.25) is 0 Å². The van der Waals surface area contributed by atoms with Crippen LogP contribution >= 0.6 is 0 Å². The van der Waals surface area contributed by atoms with E-state index in [1.165, 1.54) is 5.57 Å². The second-order valence-electron chi connectivity index (χ2n) is 2.54. The average Bonchev–Trinajstić information content (AvgIpc) is 1.87. The quantitative estimate of drug-likeness (QED) is 0.443. The highest BCUT2D eigenvalue weighted by Crippen LogP contribution is 1.90. The molecule has 0 aromatic rings. The number of hydrogen-bond donors (Lipinski definition) is 2. The molecule has 0 aliphatic rings. The molecule has 0 saturated heterocycles. The molecule has 0 rings (SSSR count). The first-order valence-electron chi connectivity index (χ1n) is 3.72. The molecular weight excluding hydrogens is 126 g/mol. The third-order valence-corrected chi connectivity index (χ3v) is 1.16. The zero-order valence-electron chi connectivity index (χ0n) is 6.85. The van der Waals surface area contributed by atoms with E-state index in [4.69, 9.17) is 5.11 Å². The molecule has 0 amide bonds. The molecular formula is C8H17NO. The van der Waals surface area contributed by atoms with Crippen LogP contribution in [0.1, 0.15) is 20.3 Å². The molecule has 0 aliphatic carbocycles. The fourth-order valence-corrected chi connectivity index (χ4v) is 0.667. The fourth-order valence-electron chi connectivity index (χ4n) is 0.667. The zero-order valence-corrected chi connectivity index (χ0v) is 6.85. The lowest BCUT2D eigenvalue weighted by Gasteiger charge is -1.98. The van der Waals surface area contributed by atoms with E-state index in [-0.39, 0.29) is 6.61 Å². The van der Waals surface area contributed by atoms with Gasteiger partial charge in [-0.2, -0.15) is 0 Å². The van der Waals surface area contributed by atoms with E-state index in [1.807, 2.05) is 0 Å². The van der Waals surface area contributed by atoms with E-state index in [0.29, 0.717) is 6.54 Å². The van der Waals surface area contributed by atoms with Gasteiger partial charge in [0.15, 0.2) is 0 Å². The Labute approximate surface area is 62.9 Å². The summed E-state index contributed by atoms with van der Waals surface area (Å²) >= 11 is 0. The van der Waals surface area contributed by atoms with Gasteiger partial charge in [0, 0.05) is 6.54 Å². The lowest BCUT2D eigenvalue weighted by molar-refractivity contribution is 0.293. The summed E-state index contributed by atoms with van der Waals surface area (Å²) in [6.45, 7) is 6.08. The van der Waals surface area contributed by atoms with E-state index < -0.39 is 0 Å². The van der Waals surface area contributed by atoms with Crippen molar-refractivity contribution in [1.82, 2.24) is 5.32 Å². The van der Waals surface area contributed by atoms with Crippen LogP contribution < -0.4 is 5.32 Å². The van der Waals surface area contributed by atoms with Crippen LogP contribution in [-0.2, 0) is 0 Å². The predicted octanol–water partition coefficient (Wildman–Crippen LogP) is 0.925. The summed E-state index contributed by atoms with van der Waals surface area (Å²) < 4.78 is 0. The Hall–Kier alpha value is -0.340. The summed E-state index contributed by atoms with van der Waals surface area (Å²) in [5.74, 6) is 0. The third kappa shape index (κ3) is 7.66. The van der Waals surface area contributed by atoms with E-state index in [1.54, 1.807) is 0 Å². The number of rotatable bonds is 5. The molecule has 0 aromatic carbocycles. The highest BCUT2D eigenvalue weighted by atomic mass is 16.3. The second-order valence-corrected chi connectivity index (χ2v) is 2.54. The largest absolute Gasteiger partial charge is 0.395 e. The molecule has 0 aliphatic heterocycles. The van der Waals surface area contributed by atoms with E-state index in [9.17, 15) is 0 Å².